The Bertz CT molecular complexity index is 514. The van der Waals surface area contributed by atoms with Gasteiger partial charge >= 0.3 is 5.97 Å². The van der Waals surface area contributed by atoms with Crippen molar-refractivity contribution in [2.24, 2.45) is 5.41 Å². The molecular weight excluding hydrogens is 282 g/mol. The van der Waals surface area contributed by atoms with Crippen molar-refractivity contribution in [3.05, 3.63) is 28.8 Å². The molecule has 0 aromatic heterocycles. The fourth-order valence-corrected chi connectivity index (χ4v) is 1.50. The van der Waals surface area contributed by atoms with Crippen LogP contribution in [0.3, 0.4) is 0 Å². The molecule has 20 heavy (non-hydrogen) atoms. The molecule has 0 fully saturated rings. The quantitative estimate of drug-likeness (QED) is 0.845. The highest BCUT2D eigenvalue weighted by Gasteiger charge is 2.27. The van der Waals surface area contributed by atoms with Gasteiger partial charge in [0.15, 0.2) is 6.61 Å². The highest BCUT2D eigenvalue weighted by Crippen LogP contribution is 2.24. The van der Waals surface area contributed by atoms with Crippen molar-refractivity contribution < 1.29 is 19.4 Å². The van der Waals surface area contributed by atoms with E-state index in [1.165, 1.54) is 13.8 Å². The summed E-state index contributed by atoms with van der Waals surface area (Å²) in [5.74, 6) is -0.812. The van der Waals surface area contributed by atoms with Crippen molar-refractivity contribution in [2.45, 2.75) is 20.8 Å². The zero-order chi connectivity index (χ0) is 15.3. The Labute approximate surface area is 122 Å². The average Bonchev–Trinajstić information content (AvgIpc) is 2.38. The predicted octanol–water partition coefficient (Wildman–Crippen LogP) is 2.25. The Morgan fingerprint density at radius 1 is 1.40 bits per heavy atom. The molecule has 0 unspecified atom stereocenters. The first-order chi connectivity index (χ1) is 9.24. The Hall–Kier alpha value is -1.75. The highest BCUT2D eigenvalue weighted by atomic mass is 35.5. The fraction of sp³-hybridized carbons (Fsp3) is 0.429. The third kappa shape index (κ3) is 4.42. The molecule has 6 heteroatoms. The van der Waals surface area contributed by atoms with E-state index in [-0.39, 0.29) is 19.1 Å². The summed E-state index contributed by atoms with van der Waals surface area (Å²) < 4.78 is 5.36. The molecule has 0 atom stereocenters. The Morgan fingerprint density at radius 3 is 2.65 bits per heavy atom. The minimum atomic E-state index is -1.01. The maximum absolute atomic E-state index is 11.6. The molecule has 0 aliphatic heterocycles. The van der Waals surface area contributed by atoms with E-state index in [1.807, 2.05) is 0 Å². The number of nitrogens with one attached hydrogen (secondary N) is 1. The van der Waals surface area contributed by atoms with Crippen molar-refractivity contribution in [1.82, 2.24) is 5.32 Å². The second kappa shape index (κ2) is 6.61. The first-order valence-corrected chi connectivity index (χ1v) is 6.50. The van der Waals surface area contributed by atoms with Crippen molar-refractivity contribution in [3.63, 3.8) is 0 Å². The van der Waals surface area contributed by atoms with Crippen LogP contribution < -0.4 is 10.1 Å². The van der Waals surface area contributed by atoms with Gasteiger partial charge in [-0.3, -0.25) is 9.59 Å². The second-order valence-corrected chi connectivity index (χ2v) is 5.52. The Kier molecular flexibility index (Phi) is 5.39. The molecule has 0 aliphatic carbocycles. The molecule has 1 rings (SSSR count). The number of hydrogen-bond acceptors (Lipinski definition) is 3. The number of carboxylic acids is 1. The number of carbonyl (C=O) groups excluding carboxylic acids is 1. The highest BCUT2D eigenvalue weighted by molar-refractivity contribution is 6.31. The third-order valence-electron chi connectivity index (χ3n) is 2.88. The third-order valence-corrected chi connectivity index (χ3v) is 3.29. The minimum Gasteiger partial charge on any atom is -0.483 e. The number of halogens is 1. The number of amides is 1. The summed E-state index contributed by atoms with van der Waals surface area (Å²) >= 11 is 5.94. The van der Waals surface area contributed by atoms with E-state index in [2.05, 4.69) is 5.32 Å². The van der Waals surface area contributed by atoms with Crippen LogP contribution in [-0.2, 0) is 9.59 Å². The first kappa shape index (κ1) is 16.3. The molecule has 0 heterocycles. The van der Waals surface area contributed by atoms with Gasteiger partial charge in [0.25, 0.3) is 5.91 Å². The molecule has 0 spiro atoms. The lowest BCUT2D eigenvalue weighted by Crippen LogP contribution is -2.40. The smallest absolute Gasteiger partial charge is 0.310 e. The molecule has 0 saturated carbocycles. The lowest BCUT2D eigenvalue weighted by molar-refractivity contribution is -0.146. The second-order valence-electron chi connectivity index (χ2n) is 5.12. The SMILES string of the molecule is Cc1c(Cl)cccc1OCC(=O)NCC(C)(C)C(=O)O. The number of ether oxygens (including phenoxy) is 1. The van der Waals surface area contributed by atoms with E-state index < -0.39 is 11.4 Å². The van der Waals surface area contributed by atoms with Crippen LogP contribution in [0.1, 0.15) is 19.4 Å². The van der Waals surface area contributed by atoms with Crippen molar-refractivity contribution in [1.29, 1.82) is 0 Å². The van der Waals surface area contributed by atoms with Crippen LogP contribution >= 0.6 is 11.6 Å². The number of hydrogen-bond donors (Lipinski definition) is 2. The van der Waals surface area contributed by atoms with E-state index in [0.717, 1.165) is 5.56 Å². The van der Waals surface area contributed by atoms with Crippen molar-refractivity contribution in [2.75, 3.05) is 13.2 Å². The van der Waals surface area contributed by atoms with Crippen LogP contribution in [0.4, 0.5) is 0 Å². The van der Waals surface area contributed by atoms with Gasteiger partial charge in [-0.15, -0.1) is 0 Å². The molecule has 110 valence electrons. The molecule has 2 N–H and O–H groups in total. The van der Waals surface area contributed by atoms with E-state index in [4.69, 9.17) is 21.4 Å². The summed E-state index contributed by atoms with van der Waals surface area (Å²) in [6.07, 6.45) is 0. The molecule has 0 bridgehead atoms. The molecule has 0 radical (unpaired) electrons. The van der Waals surface area contributed by atoms with Gasteiger partial charge in [0, 0.05) is 17.1 Å². The van der Waals surface area contributed by atoms with Gasteiger partial charge in [0.05, 0.1) is 5.41 Å². The van der Waals surface area contributed by atoms with Gasteiger partial charge in [0.1, 0.15) is 5.75 Å². The zero-order valence-corrected chi connectivity index (χ0v) is 12.5. The van der Waals surface area contributed by atoms with Crippen LogP contribution in [-0.4, -0.2) is 30.1 Å². The van der Waals surface area contributed by atoms with E-state index in [1.54, 1.807) is 25.1 Å². The van der Waals surface area contributed by atoms with Crippen molar-refractivity contribution >= 4 is 23.5 Å². The lowest BCUT2D eigenvalue weighted by Gasteiger charge is -2.19. The van der Waals surface area contributed by atoms with Crippen molar-refractivity contribution in [3.8, 4) is 5.75 Å². The van der Waals surface area contributed by atoms with Gasteiger partial charge in [-0.25, -0.2) is 0 Å². The molecule has 1 amide bonds. The largest absolute Gasteiger partial charge is 0.483 e. The van der Waals surface area contributed by atoms with Crippen LogP contribution in [0, 0.1) is 12.3 Å². The topological polar surface area (TPSA) is 75.6 Å². The number of aliphatic carboxylic acids is 1. The first-order valence-electron chi connectivity index (χ1n) is 6.12. The maximum atomic E-state index is 11.6. The summed E-state index contributed by atoms with van der Waals surface area (Å²) in [4.78, 5) is 22.5. The van der Waals surface area contributed by atoms with Crippen LogP contribution in [0.5, 0.6) is 5.75 Å². The molecule has 0 aliphatic rings. The van der Waals surface area contributed by atoms with Gasteiger partial charge < -0.3 is 15.2 Å². The van der Waals surface area contributed by atoms with Gasteiger partial charge in [-0.05, 0) is 32.9 Å². The molecule has 5 nitrogen and oxygen atoms in total. The molecular formula is C14H18ClNO4. The van der Waals surface area contributed by atoms with Gasteiger partial charge in [-0.2, -0.15) is 0 Å². The van der Waals surface area contributed by atoms with E-state index in [9.17, 15) is 9.59 Å². The fourth-order valence-electron chi connectivity index (χ4n) is 1.33. The summed E-state index contributed by atoms with van der Waals surface area (Å²) in [5, 5.41) is 12.0. The Balaban J connectivity index is 2.48. The van der Waals surface area contributed by atoms with Crippen LogP contribution in [0.2, 0.25) is 5.02 Å². The van der Waals surface area contributed by atoms with E-state index >= 15 is 0 Å². The van der Waals surface area contributed by atoms with Crippen LogP contribution in [0.25, 0.3) is 0 Å². The summed E-state index contributed by atoms with van der Waals surface area (Å²) in [7, 11) is 0. The standard InChI is InChI=1S/C14H18ClNO4/c1-9-10(15)5-4-6-11(9)20-7-12(17)16-8-14(2,3)13(18)19/h4-6H,7-8H2,1-3H3,(H,16,17)(H,18,19). The molecule has 1 aromatic rings. The predicted molar refractivity (Wildman–Crippen MR) is 76.1 cm³/mol. The van der Waals surface area contributed by atoms with Gasteiger partial charge in [0.2, 0.25) is 0 Å². The number of carbonyl (C=O) groups is 2. The maximum Gasteiger partial charge on any atom is 0.310 e. The molecule has 1 aromatic carbocycles. The zero-order valence-electron chi connectivity index (χ0n) is 11.7. The van der Waals surface area contributed by atoms with Crippen LogP contribution in [0.15, 0.2) is 18.2 Å². The Morgan fingerprint density at radius 2 is 2.05 bits per heavy atom. The number of carboxylic acid groups (broad SMARTS) is 1. The minimum absolute atomic E-state index is 0.0407. The summed E-state index contributed by atoms with van der Waals surface area (Å²) in [5.41, 5.74) is -0.255. The normalized spacial score (nSPS) is 11.0. The summed E-state index contributed by atoms with van der Waals surface area (Å²) in [6, 6.07) is 5.19. The van der Waals surface area contributed by atoms with E-state index in [0.29, 0.717) is 10.8 Å². The molecule has 0 saturated heterocycles. The van der Waals surface area contributed by atoms with Gasteiger partial charge in [-0.1, -0.05) is 17.7 Å². The number of benzene rings is 1. The monoisotopic (exact) mass is 299 g/mol. The number of rotatable bonds is 6. The lowest BCUT2D eigenvalue weighted by atomic mass is 9.94. The average molecular weight is 300 g/mol. The summed E-state index contributed by atoms with van der Waals surface area (Å²) in [6.45, 7) is 4.73.